The minimum Gasteiger partial charge on any atom is -0.434 e. The number of hydrogen-bond acceptors (Lipinski definition) is 6. The highest BCUT2D eigenvalue weighted by Gasteiger charge is 2.55. The molecule has 1 spiro atoms. The van der Waals surface area contributed by atoms with E-state index >= 15 is 0 Å². The molecular weight excluding hydrogens is 366 g/mol. The number of nitrogens with zero attached hydrogens (tertiary/aromatic N) is 2. The van der Waals surface area contributed by atoms with E-state index in [-0.39, 0.29) is 11.4 Å². The lowest BCUT2D eigenvalue weighted by Crippen LogP contribution is -2.43. The molecule has 0 saturated carbocycles. The second-order valence-electron chi connectivity index (χ2n) is 5.96. The second-order valence-corrected chi connectivity index (χ2v) is 7.77. The minimum absolute atomic E-state index is 0.162. The van der Waals surface area contributed by atoms with Crippen LogP contribution in [0.3, 0.4) is 0 Å². The Hall–Kier alpha value is -2.82. The number of anilines is 1. The van der Waals surface area contributed by atoms with Crippen molar-refractivity contribution in [2.45, 2.75) is 11.9 Å². The number of benzene rings is 2. The van der Waals surface area contributed by atoms with E-state index in [0.29, 0.717) is 15.4 Å². The Morgan fingerprint density at radius 3 is 2.62 bits per heavy atom. The van der Waals surface area contributed by atoms with Gasteiger partial charge in [0, 0.05) is 11.3 Å². The number of ether oxygens (including phenoxy) is 1. The van der Waals surface area contributed by atoms with E-state index in [0.717, 1.165) is 23.0 Å². The van der Waals surface area contributed by atoms with Gasteiger partial charge < -0.3 is 10.5 Å². The molecule has 2 aromatic rings. The average Bonchev–Trinajstić information content (AvgIpc) is 2.89. The third-order valence-corrected chi connectivity index (χ3v) is 5.97. The topological polar surface area (TPSA) is 79.3 Å². The van der Waals surface area contributed by atoms with Gasteiger partial charge in [0.05, 0.1) is 5.56 Å². The van der Waals surface area contributed by atoms with Crippen molar-refractivity contribution in [1.82, 2.24) is 0 Å². The summed E-state index contributed by atoms with van der Waals surface area (Å²) in [7, 11) is 0. The Balaban J connectivity index is 1.92. The molecule has 2 N–H and O–H groups in total. The molecule has 128 valence electrons. The molecule has 2 aliphatic heterocycles. The van der Waals surface area contributed by atoms with E-state index in [1.165, 1.54) is 0 Å². The van der Waals surface area contributed by atoms with Crippen molar-refractivity contribution >= 4 is 40.0 Å². The van der Waals surface area contributed by atoms with Gasteiger partial charge in [-0.25, -0.2) is 4.79 Å². The molecule has 5 nitrogen and oxygen atoms in total. The van der Waals surface area contributed by atoms with Crippen LogP contribution in [0.15, 0.2) is 59.9 Å². The first-order chi connectivity index (χ1) is 12.5. The monoisotopic (exact) mass is 379 g/mol. The zero-order valence-electron chi connectivity index (χ0n) is 13.7. The summed E-state index contributed by atoms with van der Waals surface area (Å²) in [5.74, 6) is -0.315. The molecule has 2 heterocycles. The number of aryl methyl sites for hydroxylation is 1. The van der Waals surface area contributed by atoms with Gasteiger partial charge in [-0.15, -0.1) is 0 Å². The van der Waals surface area contributed by atoms with E-state index in [1.807, 2.05) is 31.2 Å². The Labute approximate surface area is 160 Å². The van der Waals surface area contributed by atoms with Gasteiger partial charge in [0.1, 0.15) is 17.5 Å². The van der Waals surface area contributed by atoms with Crippen LogP contribution in [0.1, 0.15) is 21.5 Å². The first-order valence-electron chi connectivity index (χ1n) is 7.81. The summed E-state index contributed by atoms with van der Waals surface area (Å²) in [5.41, 5.74) is 9.38. The molecule has 7 heteroatoms. The van der Waals surface area contributed by atoms with Crippen LogP contribution in [-0.2, 0) is 9.67 Å². The minimum atomic E-state index is -1.33. The fourth-order valence-electron chi connectivity index (χ4n) is 3.12. The molecule has 0 fully saturated rings. The summed E-state index contributed by atoms with van der Waals surface area (Å²) in [6.07, 6.45) is 0. The van der Waals surface area contributed by atoms with Gasteiger partial charge >= 0.3 is 5.97 Å². The van der Waals surface area contributed by atoms with Crippen molar-refractivity contribution in [3.05, 3.63) is 76.6 Å². The summed E-state index contributed by atoms with van der Waals surface area (Å²) in [4.78, 5) is 12.6. The fourth-order valence-corrected chi connectivity index (χ4v) is 4.87. The van der Waals surface area contributed by atoms with E-state index in [4.69, 9.17) is 22.7 Å². The number of rotatable bonds is 1. The molecule has 0 saturated heterocycles. The maximum Gasteiger partial charge on any atom is 0.340 e. The molecule has 0 amide bonds. The number of thiocarbonyl (C=S) groups is 1. The van der Waals surface area contributed by atoms with Gasteiger partial charge in [-0.05, 0) is 36.9 Å². The zero-order chi connectivity index (χ0) is 18.5. The highest BCUT2D eigenvalue weighted by atomic mass is 32.2. The van der Waals surface area contributed by atoms with Crippen LogP contribution in [0.25, 0.3) is 0 Å². The molecular formula is C19H13N3O2S2. The number of fused-ring (bicyclic) bond motifs is 2. The lowest BCUT2D eigenvalue weighted by molar-refractivity contribution is 0.0384. The number of carbonyl (C=O) groups excluding carboxylic acids is 1. The zero-order valence-corrected chi connectivity index (χ0v) is 15.4. The van der Waals surface area contributed by atoms with Crippen molar-refractivity contribution in [2.75, 3.05) is 4.90 Å². The SMILES string of the molecule is Cc1ccc(N2C(=S)SC3(OC(=O)c4ccccc43)C(C#N)=C2N)cc1. The van der Waals surface area contributed by atoms with E-state index in [1.54, 1.807) is 29.2 Å². The van der Waals surface area contributed by atoms with E-state index < -0.39 is 10.9 Å². The third kappa shape index (κ3) is 2.23. The van der Waals surface area contributed by atoms with Gasteiger partial charge in [-0.1, -0.05) is 48.1 Å². The average molecular weight is 379 g/mol. The number of esters is 1. The van der Waals surface area contributed by atoms with Crippen molar-refractivity contribution in [3.63, 3.8) is 0 Å². The number of hydrogen-bond donors (Lipinski definition) is 1. The Morgan fingerprint density at radius 1 is 1.23 bits per heavy atom. The predicted molar refractivity (Wildman–Crippen MR) is 104 cm³/mol. The molecule has 1 unspecified atom stereocenters. The lowest BCUT2D eigenvalue weighted by atomic mass is 9.98. The van der Waals surface area contributed by atoms with Crippen LogP contribution >= 0.6 is 24.0 Å². The standard InChI is InChI=1S/C19H13N3O2S2/c1-11-6-8-12(9-7-11)22-16(21)15(10-20)19(26-18(22)25)14-5-3-2-4-13(14)17(23)24-19/h2-9H,21H2,1H3. The second kappa shape index (κ2) is 5.87. The molecule has 2 aliphatic rings. The smallest absolute Gasteiger partial charge is 0.340 e. The molecule has 0 aromatic heterocycles. The van der Waals surface area contributed by atoms with E-state index in [9.17, 15) is 10.1 Å². The molecule has 4 rings (SSSR count). The van der Waals surface area contributed by atoms with Gasteiger partial charge in [0.2, 0.25) is 4.93 Å². The summed E-state index contributed by atoms with van der Waals surface area (Å²) in [5, 5.41) is 9.83. The van der Waals surface area contributed by atoms with Crippen LogP contribution < -0.4 is 10.6 Å². The molecule has 0 radical (unpaired) electrons. The fraction of sp³-hybridized carbons (Fsp3) is 0.105. The molecule has 0 bridgehead atoms. The predicted octanol–water partition coefficient (Wildman–Crippen LogP) is 3.55. The van der Waals surface area contributed by atoms with Crippen molar-refractivity contribution in [2.24, 2.45) is 5.73 Å². The van der Waals surface area contributed by atoms with Crippen LogP contribution in [0, 0.1) is 18.3 Å². The van der Waals surface area contributed by atoms with Gasteiger partial charge in [0.15, 0.2) is 4.32 Å². The van der Waals surface area contributed by atoms with Crippen LogP contribution in [0.4, 0.5) is 5.69 Å². The lowest BCUT2D eigenvalue weighted by Gasteiger charge is -2.38. The van der Waals surface area contributed by atoms with Gasteiger partial charge in [-0.2, -0.15) is 5.26 Å². The number of nitriles is 1. The van der Waals surface area contributed by atoms with Crippen LogP contribution in [0.2, 0.25) is 0 Å². The number of thioether (sulfide) groups is 1. The maximum atomic E-state index is 12.3. The third-order valence-electron chi connectivity index (χ3n) is 4.38. The van der Waals surface area contributed by atoms with Crippen molar-refractivity contribution in [3.8, 4) is 6.07 Å². The van der Waals surface area contributed by atoms with Crippen molar-refractivity contribution in [1.29, 1.82) is 5.26 Å². The van der Waals surface area contributed by atoms with Crippen LogP contribution in [0.5, 0.6) is 0 Å². The normalized spacial score (nSPS) is 21.6. The first-order valence-corrected chi connectivity index (χ1v) is 9.03. The van der Waals surface area contributed by atoms with Crippen LogP contribution in [-0.4, -0.2) is 10.3 Å². The first kappa shape index (κ1) is 16.6. The summed E-state index contributed by atoms with van der Waals surface area (Å²) < 4.78 is 6.07. The van der Waals surface area contributed by atoms with Crippen molar-refractivity contribution < 1.29 is 9.53 Å². The molecule has 0 aliphatic carbocycles. The highest BCUT2D eigenvalue weighted by molar-refractivity contribution is 8.24. The summed E-state index contributed by atoms with van der Waals surface area (Å²) >= 11 is 6.71. The largest absolute Gasteiger partial charge is 0.434 e. The Morgan fingerprint density at radius 2 is 1.92 bits per heavy atom. The Kier molecular flexibility index (Phi) is 3.75. The molecule has 2 aromatic carbocycles. The Bertz CT molecular complexity index is 1020. The van der Waals surface area contributed by atoms with Gasteiger partial charge in [-0.3, -0.25) is 4.90 Å². The quantitative estimate of drug-likeness (QED) is 0.599. The molecule has 26 heavy (non-hydrogen) atoms. The summed E-state index contributed by atoms with van der Waals surface area (Å²) in [6.45, 7) is 1.98. The molecule has 1 atom stereocenters. The van der Waals surface area contributed by atoms with Gasteiger partial charge in [0.25, 0.3) is 0 Å². The highest BCUT2D eigenvalue weighted by Crippen LogP contribution is 2.54. The van der Waals surface area contributed by atoms with E-state index in [2.05, 4.69) is 6.07 Å². The summed E-state index contributed by atoms with van der Waals surface area (Å²) in [6, 6.07) is 16.8. The maximum absolute atomic E-state index is 12.3. The number of carbonyl (C=O) groups is 1. The number of nitrogens with two attached hydrogens (primary N) is 1.